The highest BCUT2D eigenvalue weighted by atomic mass is 15.2. The average Bonchev–Trinajstić information content (AvgIpc) is 2.36. The summed E-state index contributed by atoms with van der Waals surface area (Å²) < 4.78 is 0. The molecule has 0 radical (unpaired) electrons. The van der Waals surface area contributed by atoms with Gasteiger partial charge in [-0.15, -0.1) is 0 Å². The molecule has 0 unspecified atom stereocenters. The Kier molecular flexibility index (Phi) is 6.65. The van der Waals surface area contributed by atoms with Gasteiger partial charge in [0.1, 0.15) is 12.1 Å². The summed E-state index contributed by atoms with van der Waals surface area (Å²) in [5, 5.41) is 3.43. The quantitative estimate of drug-likeness (QED) is 0.770. The van der Waals surface area contributed by atoms with Gasteiger partial charge in [0.25, 0.3) is 0 Å². The first kappa shape index (κ1) is 14.9. The average molecular weight is 250 g/mol. The Morgan fingerprint density at radius 2 is 1.89 bits per heavy atom. The third-order valence-electron chi connectivity index (χ3n) is 2.75. The van der Waals surface area contributed by atoms with Gasteiger partial charge in [-0.2, -0.15) is 0 Å². The summed E-state index contributed by atoms with van der Waals surface area (Å²) >= 11 is 0. The van der Waals surface area contributed by atoms with E-state index in [1.54, 1.807) is 6.33 Å². The van der Waals surface area contributed by atoms with Crippen molar-refractivity contribution in [3.8, 4) is 0 Å². The van der Waals surface area contributed by atoms with Crippen molar-refractivity contribution in [2.45, 2.75) is 53.1 Å². The first-order chi connectivity index (χ1) is 8.69. The molecule has 0 saturated heterocycles. The van der Waals surface area contributed by atoms with Gasteiger partial charge in [0.2, 0.25) is 0 Å². The Bertz CT molecular complexity index is 332. The molecule has 0 bridgehead atoms. The van der Waals surface area contributed by atoms with Gasteiger partial charge >= 0.3 is 0 Å². The number of aromatic nitrogens is 2. The van der Waals surface area contributed by atoms with E-state index in [9.17, 15) is 0 Å². The van der Waals surface area contributed by atoms with Crippen LogP contribution in [-0.4, -0.2) is 29.1 Å². The van der Waals surface area contributed by atoms with Crippen molar-refractivity contribution in [2.24, 2.45) is 0 Å². The number of anilines is 1. The molecule has 1 aromatic rings. The van der Waals surface area contributed by atoms with Gasteiger partial charge in [-0.3, -0.25) is 0 Å². The Hall–Kier alpha value is -1.16. The molecule has 1 heterocycles. The van der Waals surface area contributed by atoms with Gasteiger partial charge in [-0.25, -0.2) is 9.97 Å². The van der Waals surface area contributed by atoms with Crippen molar-refractivity contribution < 1.29 is 0 Å². The molecule has 18 heavy (non-hydrogen) atoms. The number of hydrogen-bond acceptors (Lipinski definition) is 4. The lowest BCUT2D eigenvalue weighted by atomic mass is 10.2. The van der Waals surface area contributed by atoms with E-state index in [0.717, 1.165) is 38.3 Å². The van der Waals surface area contributed by atoms with E-state index in [1.807, 2.05) is 6.20 Å². The van der Waals surface area contributed by atoms with Gasteiger partial charge in [0.05, 0.1) is 0 Å². The molecule has 0 aliphatic carbocycles. The van der Waals surface area contributed by atoms with Crippen LogP contribution in [0.5, 0.6) is 0 Å². The topological polar surface area (TPSA) is 41.1 Å². The summed E-state index contributed by atoms with van der Waals surface area (Å²) in [6.45, 7) is 11.7. The second-order valence-corrected chi connectivity index (χ2v) is 4.89. The molecule has 0 fully saturated rings. The fraction of sp³-hybridized carbons (Fsp3) is 0.714. The monoisotopic (exact) mass is 250 g/mol. The van der Waals surface area contributed by atoms with E-state index in [-0.39, 0.29) is 0 Å². The van der Waals surface area contributed by atoms with Gasteiger partial charge in [-0.1, -0.05) is 27.7 Å². The van der Waals surface area contributed by atoms with Crippen molar-refractivity contribution in [3.05, 3.63) is 18.1 Å². The minimum absolute atomic E-state index is 0.476. The van der Waals surface area contributed by atoms with E-state index in [0.29, 0.717) is 6.04 Å². The molecule has 0 aliphatic rings. The standard InChI is InChI=1S/C14H26N4/c1-5-7-18(8-6-2)14-13(9-15-11-17-14)10-16-12(3)4/h9,11-12,16H,5-8,10H2,1-4H3. The van der Waals surface area contributed by atoms with Crippen LogP contribution in [0.4, 0.5) is 5.82 Å². The second kappa shape index (κ2) is 8.03. The number of nitrogens with one attached hydrogen (secondary N) is 1. The number of nitrogens with zero attached hydrogens (tertiary/aromatic N) is 3. The molecule has 1 N–H and O–H groups in total. The van der Waals surface area contributed by atoms with Crippen molar-refractivity contribution >= 4 is 5.82 Å². The molecule has 0 spiro atoms. The molecule has 4 nitrogen and oxygen atoms in total. The molecule has 0 aromatic carbocycles. The highest BCUT2D eigenvalue weighted by Gasteiger charge is 2.11. The van der Waals surface area contributed by atoms with E-state index in [2.05, 4.69) is 47.9 Å². The molecule has 0 atom stereocenters. The molecule has 1 aromatic heterocycles. The minimum Gasteiger partial charge on any atom is -0.356 e. The molecular weight excluding hydrogens is 224 g/mol. The van der Waals surface area contributed by atoms with Crippen LogP contribution in [0.1, 0.15) is 46.1 Å². The van der Waals surface area contributed by atoms with Gasteiger partial charge < -0.3 is 10.2 Å². The zero-order valence-electron chi connectivity index (χ0n) is 12.1. The maximum atomic E-state index is 4.47. The largest absolute Gasteiger partial charge is 0.356 e. The molecule has 102 valence electrons. The van der Waals surface area contributed by atoms with Crippen LogP contribution in [0, 0.1) is 0 Å². The second-order valence-electron chi connectivity index (χ2n) is 4.89. The lowest BCUT2D eigenvalue weighted by Crippen LogP contribution is -2.29. The predicted octanol–water partition coefficient (Wildman–Crippen LogP) is 2.60. The van der Waals surface area contributed by atoms with E-state index in [4.69, 9.17) is 0 Å². The highest BCUT2D eigenvalue weighted by Crippen LogP contribution is 2.17. The van der Waals surface area contributed by atoms with Crippen LogP contribution in [0.2, 0.25) is 0 Å². The number of rotatable bonds is 8. The zero-order valence-corrected chi connectivity index (χ0v) is 12.1. The van der Waals surface area contributed by atoms with Gasteiger partial charge in [0.15, 0.2) is 0 Å². The molecule has 4 heteroatoms. The molecular formula is C14H26N4. The lowest BCUT2D eigenvalue weighted by molar-refractivity contribution is 0.584. The fourth-order valence-corrected chi connectivity index (χ4v) is 1.94. The van der Waals surface area contributed by atoms with Crippen LogP contribution < -0.4 is 10.2 Å². The Morgan fingerprint density at radius 3 is 2.44 bits per heavy atom. The maximum Gasteiger partial charge on any atom is 0.136 e. The maximum absolute atomic E-state index is 4.47. The third-order valence-corrected chi connectivity index (χ3v) is 2.75. The van der Waals surface area contributed by atoms with E-state index in [1.165, 1.54) is 5.56 Å². The van der Waals surface area contributed by atoms with E-state index >= 15 is 0 Å². The van der Waals surface area contributed by atoms with Crippen LogP contribution >= 0.6 is 0 Å². The third kappa shape index (κ3) is 4.61. The van der Waals surface area contributed by atoms with Crippen molar-refractivity contribution in [2.75, 3.05) is 18.0 Å². The minimum atomic E-state index is 0.476. The molecule has 0 aliphatic heterocycles. The zero-order chi connectivity index (χ0) is 13.4. The molecule has 0 amide bonds. The van der Waals surface area contributed by atoms with Crippen LogP contribution in [0.3, 0.4) is 0 Å². The predicted molar refractivity (Wildman–Crippen MR) is 76.8 cm³/mol. The summed E-state index contributed by atoms with van der Waals surface area (Å²) in [4.78, 5) is 11.0. The highest BCUT2D eigenvalue weighted by molar-refractivity contribution is 5.45. The Morgan fingerprint density at radius 1 is 1.22 bits per heavy atom. The molecule has 0 saturated carbocycles. The van der Waals surface area contributed by atoms with E-state index < -0.39 is 0 Å². The van der Waals surface area contributed by atoms with Crippen LogP contribution in [0.15, 0.2) is 12.5 Å². The number of hydrogen-bond donors (Lipinski definition) is 1. The smallest absolute Gasteiger partial charge is 0.136 e. The van der Waals surface area contributed by atoms with Crippen molar-refractivity contribution in [1.29, 1.82) is 0 Å². The first-order valence-corrected chi connectivity index (χ1v) is 6.96. The summed E-state index contributed by atoms with van der Waals surface area (Å²) in [6.07, 6.45) is 5.85. The summed E-state index contributed by atoms with van der Waals surface area (Å²) in [6, 6.07) is 0.476. The van der Waals surface area contributed by atoms with Crippen molar-refractivity contribution in [3.63, 3.8) is 0 Å². The van der Waals surface area contributed by atoms with Crippen LogP contribution in [0.25, 0.3) is 0 Å². The Labute approximate surface area is 111 Å². The van der Waals surface area contributed by atoms with Crippen molar-refractivity contribution in [1.82, 2.24) is 15.3 Å². The van der Waals surface area contributed by atoms with Crippen LogP contribution in [-0.2, 0) is 6.54 Å². The fourth-order valence-electron chi connectivity index (χ4n) is 1.94. The van der Waals surface area contributed by atoms with Gasteiger partial charge in [-0.05, 0) is 12.8 Å². The summed E-state index contributed by atoms with van der Waals surface area (Å²) in [5.74, 6) is 1.09. The van der Waals surface area contributed by atoms with Gasteiger partial charge in [0, 0.05) is 37.4 Å². The SMILES string of the molecule is CCCN(CCC)c1ncncc1CNC(C)C. The summed E-state index contributed by atoms with van der Waals surface area (Å²) in [7, 11) is 0. The lowest BCUT2D eigenvalue weighted by Gasteiger charge is -2.25. The summed E-state index contributed by atoms with van der Waals surface area (Å²) in [5.41, 5.74) is 1.19. The molecule has 1 rings (SSSR count). The first-order valence-electron chi connectivity index (χ1n) is 6.96. The Balaban J connectivity index is 2.83. The normalized spacial score (nSPS) is 10.9.